The van der Waals surface area contributed by atoms with Crippen molar-refractivity contribution in [3.8, 4) is 46.0 Å². The van der Waals surface area contributed by atoms with Gasteiger partial charge in [0, 0.05) is 66.1 Å². The summed E-state index contributed by atoms with van der Waals surface area (Å²) in [5.74, 6) is 2.21. The normalized spacial score (nSPS) is 36.3. The quantitative estimate of drug-likeness (QED) is 0.0166. The Hall–Kier alpha value is -6.30. The largest absolute Gasteiger partial charge is 0.504 e. The van der Waals surface area contributed by atoms with Crippen LogP contribution < -0.4 is 18.9 Å². The van der Waals surface area contributed by atoms with Gasteiger partial charge in [-0.05, 0) is 188 Å². The molecule has 8 aliphatic carbocycles. The predicted molar refractivity (Wildman–Crippen MR) is 457 cm³/mol. The molecule has 4 spiro atoms. The fourth-order valence-corrected chi connectivity index (χ4v) is 28.0. The van der Waals surface area contributed by atoms with Crippen LogP contribution in [-0.2, 0) is 104 Å². The second kappa shape index (κ2) is 34.5. The molecule has 20 rings (SSSR count). The molecule has 4 saturated carbocycles. The third kappa shape index (κ3) is 13.5. The van der Waals surface area contributed by atoms with Crippen molar-refractivity contribution < 1.29 is 117 Å². The fraction of sp³-hybridized carbons (Fsp3) is 0.691. The van der Waals surface area contributed by atoms with E-state index in [1.54, 1.807) is 24.3 Å². The molecular formula is C97H130N4O24. The van der Waals surface area contributed by atoms with Crippen molar-refractivity contribution in [2.24, 2.45) is 5.41 Å². The van der Waals surface area contributed by atoms with Gasteiger partial charge in [-0.15, -0.1) is 19.7 Å². The first-order valence-corrected chi connectivity index (χ1v) is 46.7. The van der Waals surface area contributed by atoms with E-state index in [9.17, 15) is 40.9 Å². The number of piperidine rings is 4. The lowest BCUT2D eigenvalue weighted by Gasteiger charge is -2.64. The molecule has 8 fully saturated rings. The highest BCUT2D eigenvalue weighted by atomic mass is 16.6. The average molecular weight is 1740 g/mol. The molecule has 8 heterocycles. The monoisotopic (exact) mass is 1730 g/mol. The SMILES string of the molecule is C=CCN1CC[C@]23c4c5ccc(O)c4OC2C(OCCOCCOCC(COCCOCCOC2CC[C@@]4(O)C6Cc7ccc(O)c8c7[C@@]4(CCN6CCC)C2O8)(COCCOCCOC2CC[C@@]4(O)C6Cc7ccc(O)c8c7[C@@]4(CCN6CC=C)[C@H]2O8)COCCOCCOC2CC[C@@]4(O)C6Cc7ccc(O)c8c7[C@@]4(CCN6CC=C)[C@H]2O8)CC[C@@]3(O)C1C5. The Morgan fingerprint density at radius 2 is 0.584 bits per heavy atom. The van der Waals surface area contributed by atoms with Crippen molar-refractivity contribution >= 4 is 0 Å². The van der Waals surface area contributed by atoms with E-state index < -0.39 is 73.9 Å². The highest BCUT2D eigenvalue weighted by molar-refractivity contribution is 5.67. The number of phenols is 4. The minimum Gasteiger partial charge on any atom is -0.504 e. The summed E-state index contributed by atoms with van der Waals surface area (Å²) in [5, 5.41) is 96.8. The zero-order valence-electron chi connectivity index (χ0n) is 72.6. The first kappa shape index (κ1) is 86.7. The van der Waals surface area contributed by atoms with Gasteiger partial charge < -0.3 is 117 Å². The van der Waals surface area contributed by atoms with Crippen LogP contribution in [0.5, 0.6) is 46.0 Å². The minimum absolute atomic E-state index is 0.0557. The molecule has 4 aromatic carbocycles. The van der Waals surface area contributed by atoms with Gasteiger partial charge >= 0.3 is 0 Å². The molecule has 28 heteroatoms. The van der Waals surface area contributed by atoms with Gasteiger partial charge in [0.15, 0.2) is 46.0 Å². The Morgan fingerprint density at radius 3 is 0.840 bits per heavy atom. The van der Waals surface area contributed by atoms with Crippen LogP contribution in [0.2, 0.25) is 0 Å². The summed E-state index contributed by atoms with van der Waals surface area (Å²) in [6, 6.07) is 14.4. The van der Waals surface area contributed by atoms with Crippen molar-refractivity contribution in [1.82, 2.24) is 19.6 Å². The summed E-state index contributed by atoms with van der Waals surface area (Å²) in [4.78, 5) is 9.48. The Labute approximate surface area is 732 Å². The smallest absolute Gasteiger partial charge is 0.165 e. The van der Waals surface area contributed by atoms with Crippen LogP contribution in [0.3, 0.4) is 0 Å². The van der Waals surface area contributed by atoms with Crippen LogP contribution in [0, 0.1) is 5.41 Å². The highest BCUT2D eigenvalue weighted by Crippen LogP contribution is 2.71. The van der Waals surface area contributed by atoms with Gasteiger partial charge in [0.1, 0.15) is 24.4 Å². The number of ether oxygens (including phenoxy) is 16. The Morgan fingerprint density at radius 1 is 0.344 bits per heavy atom. The van der Waals surface area contributed by atoms with Gasteiger partial charge in [-0.25, -0.2) is 0 Å². The molecular weight excluding hydrogens is 1610 g/mol. The second-order valence-corrected chi connectivity index (χ2v) is 38.7. The number of aromatic hydroxyl groups is 4. The van der Waals surface area contributed by atoms with E-state index in [4.69, 9.17) is 75.8 Å². The summed E-state index contributed by atoms with van der Waals surface area (Å²) in [6.07, 6.45) is 13.2. The maximum atomic E-state index is 13.0. The zero-order chi connectivity index (χ0) is 85.9. The number of rotatable bonds is 44. The molecule has 8 aliphatic heterocycles. The maximum Gasteiger partial charge on any atom is 0.165 e. The van der Waals surface area contributed by atoms with E-state index in [0.29, 0.717) is 145 Å². The number of aliphatic hydroxyl groups is 4. The van der Waals surface area contributed by atoms with Gasteiger partial charge in [0.05, 0.1) is 206 Å². The maximum absolute atomic E-state index is 13.0. The van der Waals surface area contributed by atoms with Crippen molar-refractivity contribution in [2.75, 3.05) is 184 Å². The second-order valence-electron chi connectivity index (χ2n) is 38.7. The molecule has 28 nitrogen and oxygen atoms in total. The third-order valence-corrected chi connectivity index (χ3v) is 33.0. The number of phenolic OH excluding ortho intramolecular Hbond substituents is 4. The van der Waals surface area contributed by atoms with Gasteiger partial charge in [-0.3, -0.25) is 19.6 Å². The van der Waals surface area contributed by atoms with Crippen LogP contribution in [0.1, 0.15) is 135 Å². The molecule has 0 amide bonds. The number of benzene rings is 4. The van der Waals surface area contributed by atoms with Crippen molar-refractivity contribution in [3.05, 3.63) is 131 Å². The van der Waals surface area contributed by atoms with Gasteiger partial charge in [-0.2, -0.15) is 0 Å². The lowest BCUT2D eigenvalue weighted by Crippen LogP contribution is -2.77. The first-order valence-electron chi connectivity index (χ1n) is 46.7. The molecule has 20 atom stereocenters. The molecule has 4 saturated heterocycles. The average Bonchev–Trinajstić information content (AvgIpc) is 1.56. The van der Waals surface area contributed by atoms with Crippen LogP contribution in [0.15, 0.2) is 86.5 Å². The Balaban J connectivity index is 0.483. The topological polar surface area (TPSA) is 322 Å². The van der Waals surface area contributed by atoms with E-state index in [1.807, 2.05) is 42.5 Å². The van der Waals surface area contributed by atoms with Crippen LogP contribution in [0.25, 0.3) is 0 Å². The van der Waals surface area contributed by atoms with E-state index in [2.05, 4.69) is 46.3 Å². The van der Waals surface area contributed by atoms with Gasteiger partial charge in [-0.1, -0.05) is 49.4 Å². The number of hydrogen-bond acceptors (Lipinski definition) is 28. The first-order chi connectivity index (χ1) is 60.8. The molecule has 8 N–H and O–H groups in total. The minimum atomic E-state index is -1.08. The van der Waals surface area contributed by atoms with E-state index in [1.165, 1.54) is 0 Å². The summed E-state index contributed by atoms with van der Waals surface area (Å²) >= 11 is 0. The number of nitrogens with zero attached hydrogens (tertiary/aromatic N) is 4. The van der Waals surface area contributed by atoms with Crippen molar-refractivity contribution in [2.45, 2.75) is 233 Å². The Bertz CT molecular complexity index is 4290. The Kier molecular flexibility index (Phi) is 23.9. The zero-order valence-corrected chi connectivity index (χ0v) is 72.6. The van der Waals surface area contributed by atoms with Gasteiger partial charge in [0.25, 0.3) is 0 Å². The fourth-order valence-electron chi connectivity index (χ4n) is 28.0. The van der Waals surface area contributed by atoms with Crippen LogP contribution in [0.4, 0.5) is 0 Å². The molecule has 682 valence electrons. The number of hydrogen-bond donors (Lipinski definition) is 8. The highest BCUT2D eigenvalue weighted by Gasteiger charge is 2.78. The van der Waals surface area contributed by atoms with E-state index >= 15 is 0 Å². The van der Waals surface area contributed by atoms with Crippen molar-refractivity contribution in [1.29, 1.82) is 0 Å². The summed E-state index contributed by atoms with van der Waals surface area (Å²) < 4.78 is 105. The molecule has 16 aliphatic rings. The standard InChI is InChI=1S/C97H130N4O24/c1-5-29-98-33-25-90-77-61-9-13-65(102)81(77)122-85(90)69(17-21-94(90,106)73(98)53-61)118-49-45-110-37-41-114-57-89(58-115-42-38-111-46-50-119-70-18-22-95(107)74-54-62-10-14-66(103)82-78(62)91(95,86(70)123-82)26-34-99(74)30-6-2,59-116-43-39-112-47-51-120-71-19-23-96(108)75-55-63-11-15-67(104)83-79(63)92(96,87(71)124-83)27-35-100(75)31-7-3)60-117-44-40-113-48-52-121-72-20-24-97(109)76-56-64-12-16-68(105)84-80(64)93(97,88(72)125-84)28-36-101(76)32-8-4/h5-7,9-16,69-76,85-88,102-109H,1-3,8,17-60H2,4H3/t69?,70?,71?,72?,73?,74?,75?,76?,85-,86-,87?,88?,89?,90-,91-,92-,93-,94+,95+,96+,97+/m0/s1. The third-order valence-electron chi connectivity index (χ3n) is 33.0. The van der Waals surface area contributed by atoms with Crippen LogP contribution in [-0.4, -0.2) is 340 Å². The number of likely N-dealkylation sites (tertiary alicyclic amines) is 4. The molecule has 8 bridgehead atoms. The molecule has 4 aromatic rings. The summed E-state index contributed by atoms with van der Waals surface area (Å²) in [5.41, 5.74) is 0.113. The van der Waals surface area contributed by atoms with E-state index in [0.717, 1.165) is 83.7 Å². The lowest BCUT2D eigenvalue weighted by atomic mass is 9.48. The molecule has 0 radical (unpaired) electrons. The summed E-state index contributed by atoms with van der Waals surface area (Å²) in [7, 11) is 0. The molecule has 0 aromatic heterocycles. The lowest BCUT2D eigenvalue weighted by molar-refractivity contribution is -0.216. The predicted octanol–water partition coefficient (Wildman–Crippen LogP) is 6.85. The van der Waals surface area contributed by atoms with Crippen molar-refractivity contribution in [3.63, 3.8) is 0 Å². The molecule has 125 heavy (non-hydrogen) atoms. The van der Waals surface area contributed by atoms with Crippen LogP contribution >= 0.6 is 0 Å². The molecule has 10 unspecified atom stereocenters. The van der Waals surface area contributed by atoms with Gasteiger partial charge in [0.2, 0.25) is 0 Å². The summed E-state index contributed by atoms with van der Waals surface area (Å²) in [6.45, 7) is 24.9. The van der Waals surface area contributed by atoms with E-state index in [-0.39, 0.29) is 204 Å².